The zero-order valence-corrected chi connectivity index (χ0v) is 9.64. The number of ether oxygens (including phenoxy) is 1. The molecule has 0 bridgehead atoms. The quantitative estimate of drug-likeness (QED) is 0.835. The number of hydrogen-bond donors (Lipinski definition) is 1. The van der Waals surface area contributed by atoms with Gasteiger partial charge in [0.2, 0.25) is 0 Å². The predicted octanol–water partition coefficient (Wildman–Crippen LogP) is 4.13. The van der Waals surface area contributed by atoms with Crippen molar-refractivity contribution in [3.63, 3.8) is 0 Å². The second kappa shape index (κ2) is 4.78. The summed E-state index contributed by atoms with van der Waals surface area (Å²) in [6, 6.07) is 5.12. The van der Waals surface area contributed by atoms with Crippen molar-refractivity contribution < 1.29 is 17.9 Å². The van der Waals surface area contributed by atoms with Crippen molar-refractivity contribution in [1.82, 2.24) is 0 Å². The van der Waals surface area contributed by atoms with Gasteiger partial charge in [-0.25, -0.2) is 13.2 Å². The summed E-state index contributed by atoms with van der Waals surface area (Å²) in [5.74, 6) is -2.64. The second-order valence-electron chi connectivity index (χ2n) is 3.48. The van der Waals surface area contributed by atoms with Crippen LogP contribution >= 0.6 is 11.6 Å². The van der Waals surface area contributed by atoms with Gasteiger partial charge in [0.1, 0.15) is 11.6 Å². The summed E-state index contributed by atoms with van der Waals surface area (Å²) in [4.78, 5) is 0. The summed E-state index contributed by atoms with van der Waals surface area (Å²) in [5.41, 5.74) is 5.52. The zero-order chi connectivity index (χ0) is 13.3. The maximum atomic E-state index is 13.0. The van der Waals surface area contributed by atoms with Gasteiger partial charge in [0.25, 0.3) is 0 Å². The first kappa shape index (κ1) is 12.6. The molecule has 0 saturated heterocycles. The third-order valence-electron chi connectivity index (χ3n) is 2.17. The number of nitrogen functional groups attached to an aromatic ring is 1. The largest absolute Gasteiger partial charge is 0.455 e. The minimum atomic E-state index is -1.06. The normalized spacial score (nSPS) is 10.4. The van der Waals surface area contributed by atoms with Crippen LogP contribution in [0.1, 0.15) is 0 Å². The molecule has 0 radical (unpaired) electrons. The van der Waals surface area contributed by atoms with E-state index in [0.29, 0.717) is 0 Å². The summed E-state index contributed by atoms with van der Waals surface area (Å²) >= 11 is 5.56. The van der Waals surface area contributed by atoms with E-state index in [0.717, 1.165) is 24.3 Å². The standard InChI is InChI=1S/C12H7ClF3NO/c13-7-4-12(11(17)5-9(7)15)18-6-1-2-8(14)10(16)3-6/h1-5H,17H2. The van der Waals surface area contributed by atoms with Crippen LogP contribution in [0.15, 0.2) is 30.3 Å². The van der Waals surface area contributed by atoms with Crippen LogP contribution in [0.2, 0.25) is 5.02 Å². The van der Waals surface area contributed by atoms with Gasteiger partial charge in [-0.3, -0.25) is 0 Å². The number of halogens is 4. The Bertz CT molecular complexity index is 604. The lowest BCUT2D eigenvalue weighted by Gasteiger charge is -2.09. The third-order valence-corrected chi connectivity index (χ3v) is 2.46. The molecule has 0 spiro atoms. The average molecular weight is 274 g/mol. The molecule has 0 amide bonds. The van der Waals surface area contributed by atoms with Gasteiger partial charge in [0, 0.05) is 18.2 Å². The van der Waals surface area contributed by atoms with Crippen LogP contribution in [0.25, 0.3) is 0 Å². The van der Waals surface area contributed by atoms with Crippen LogP contribution in [0.3, 0.4) is 0 Å². The van der Waals surface area contributed by atoms with Crippen LogP contribution in [0.5, 0.6) is 11.5 Å². The summed E-state index contributed by atoms with van der Waals surface area (Å²) in [6.07, 6.45) is 0. The minimum Gasteiger partial charge on any atom is -0.455 e. The summed E-state index contributed by atoms with van der Waals surface area (Å²) < 4.78 is 43.9. The lowest BCUT2D eigenvalue weighted by atomic mass is 10.3. The van der Waals surface area contributed by atoms with Crippen LogP contribution in [-0.2, 0) is 0 Å². The highest BCUT2D eigenvalue weighted by Crippen LogP contribution is 2.32. The number of anilines is 1. The zero-order valence-electron chi connectivity index (χ0n) is 8.88. The fraction of sp³-hybridized carbons (Fsp3) is 0. The van der Waals surface area contributed by atoms with E-state index in [1.54, 1.807) is 0 Å². The van der Waals surface area contributed by atoms with Crippen LogP contribution in [-0.4, -0.2) is 0 Å². The molecule has 94 valence electrons. The summed E-state index contributed by atoms with van der Waals surface area (Å²) in [5, 5.41) is -0.179. The summed E-state index contributed by atoms with van der Waals surface area (Å²) in [7, 11) is 0. The van der Waals surface area contributed by atoms with E-state index < -0.39 is 17.5 Å². The number of benzene rings is 2. The highest BCUT2D eigenvalue weighted by Gasteiger charge is 2.10. The highest BCUT2D eigenvalue weighted by atomic mass is 35.5. The molecule has 2 aromatic carbocycles. The van der Waals surface area contributed by atoms with Crippen molar-refractivity contribution in [1.29, 1.82) is 0 Å². The lowest BCUT2D eigenvalue weighted by Crippen LogP contribution is -1.95. The van der Waals surface area contributed by atoms with Gasteiger partial charge in [0.15, 0.2) is 17.4 Å². The topological polar surface area (TPSA) is 35.2 Å². The molecule has 2 rings (SSSR count). The molecule has 0 aliphatic carbocycles. The smallest absolute Gasteiger partial charge is 0.162 e. The van der Waals surface area contributed by atoms with Gasteiger partial charge in [-0.1, -0.05) is 11.6 Å². The fourth-order valence-corrected chi connectivity index (χ4v) is 1.45. The molecule has 0 aliphatic heterocycles. The molecule has 2 aromatic rings. The fourth-order valence-electron chi connectivity index (χ4n) is 1.30. The Kier molecular flexibility index (Phi) is 3.34. The highest BCUT2D eigenvalue weighted by molar-refractivity contribution is 6.31. The van der Waals surface area contributed by atoms with Crippen molar-refractivity contribution in [2.24, 2.45) is 0 Å². The molecule has 0 heterocycles. The monoisotopic (exact) mass is 273 g/mol. The van der Waals surface area contributed by atoms with E-state index in [2.05, 4.69) is 0 Å². The first-order chi connectivity index (χ1) is 8.47. The van der Waals surface area contributed by atoms with Crippen molar-refractivity contribution >= 4 is 17.3 Å². The van der Waals surface area contributed by atoms with Crippen LogP contribution in [0.4, 0.5) is 18.9 Å². The van der Waals surface area contributed by atoms with Crippen molar-refractivity contribution in [3.05, 3.63) is 52.8 Å². The van der Waals surface area contributed by atoms with Crippen LogP contribution < -0.4 is 10.5 Å². The predicted molar refractivity (Wildman–Crippen MR) is 62.3 cm³/mol. The molecule has 18 heavy (non-hydrogen) atoms. The van der Waals surface area contributed by atoms with E-state index >= 15 is 0 Å². The molecule has 0 unspecified atom stereocenters. The first-order valence-corrected chi connectivity index (χ1v) is 5.22. The number of rotatable bonds is 2. The molecule has 2 nitrogen and oxygen atoms in total. The van der Waals surface area contributed by atoms with Crippen molar-refractivity contribution in [2.75, 3.05) is 5.73 Å². The van der Waals surface area contributed by atoms with Crippen LogP contribution in [0, 0.1) is 17.5 Å². The molecule has 6 heteroatoms. The SMILES string of the molecule is Nc1cc(F)c(Cl)cc1Oc1ccc(F)c(F)c1. The van der Waals surface area contributed by atoms with Gasteiger partial charge in [-0.15, -0.1) is 0 Å². The second-order valence-corrected chi connectivity index (χ2v) is 3.89. The molecular weight excluding hydrogens is 267 g/mol. The van der Waals surface area contributed by atoms with Gasteiger partial charge in [-0.2, -0.15) is 0 Å². The number of nitrogens with two attached hydrogens (primary N) is 1. The average Bonchev–Trinajstić information content (AvgIpc) is 2.31. The van der Waals surface area contributed by atoms with Gasteiger partial charge in [0.05, 0.1) is 10.7 Å². The Morgan fingerprint density at radius 1 is 0.944 bits per heavy atom. The Balaban J connectivity index is 2.34. The van der Waals surface area contributed by atoms with E-state index in [1.165, 1.54) is 6.07 Å². The van der Waals surface area contributed by atoms with Crippen molar-refractivity contribution in [3.8, 4) is 11.5 Å². The molecule has 0 aliphatic rings. The molecule has 0 saturated carbocycles. The Morgan fingerprint density at radius 2 is 1.67 bits per heavy atom. The van der Waals surface area contributed by atoms with Crippen molar-refractivity contribution in [2.45, 2.75) is 0 Å². The van der Waals surface area contributed by atoms with Gasteiger partial charge in [-0.05, 0) is 12.1 Å². The van der Waals surface area contributed by atoms with Gasteiger partial charge >= 0.3 is 0 Å². The molecule has 0 atom stereocenters. The van der Waals surface area contributed by atoms with E-state index in [9.17, 15) is 13.2 Å². The first-order valence-electron chi connectivity index (χ1n) is 4.85. The van der Waals surface area contributed by atoms with E-state index in [1.807, 2.05) is 0 Å². The Morgan fingerprint density at radius 3 is 2.33 bits per heavy atom. The molecular formula is C12H7ClF3NO. The van der Waals surface area contributed by atoms with E-state index in [-0.39, 0.29) is 22.2 Å². The summed E-state index contributed by atoms with van der Waals surface area (Å²) in [6.45, 7) is 0. The van der Waals surface area contributed by atoms with Gasteiger partial charge < -0.3 is 10.5 Å². The molecule has 0 fully saturated rings. The molecule has 0 aromatic heterocycles. The maximum absolute atomic E-state index is 13.0. The number of hydrogen-bond acceptors (Lipinski definition) is 2. The third kappa shape index (κ3) is 2.51. The Labute approximate surface area is 106 Å². The lowest BCUT2D eigenvalue weighted by molar-refractivity contribution is 0.462. The van der Waals surface area contributed by atoms with E-state index in [4.69, 9.17) is 22.1 Å². The Hall–Kier alpha value is -1.88. The maximum Gasteiger partial charge on any atom is 0.162 e. The molecule has 2 N–H and O–H groups in total. The minimum absolute atomic E-state index is 0.00151.